The highest BCUT2D eigenvalue weighted by molar-refractivity contribution is 5.58. The number of aromatic nitrogens is 2. The monoisotopic (exact) mass is 417 g/mol. The molecule has 2 saturated heterocycles. The maximum absolute atomic E-state index is 4.41. The Kier molecular flexibility index (Phi) is 5.61. The Morgan fingerprint density at radius 2 is 1.61 bits per heavy atom. The number of benzene rings is 1. The maximum Gasteiger partial charge on any atom is 0.137 e. The van der Waals surface area contributed by atoms with Crippen molar-refractivity contribution >= 4 is 17.0 Å². The van der Waals surface area contributed by atoms with Crippen molar-refractivity contribution < 1.29 is 0 Å². The normalized spacial score (nSPS) is 18.8. The summed E-state index contributed by atoms with van der Waals surface area (Å²) in [6.45, 7) is 14.9. The van der Waals surface area contributed by atoms with Gasteiger partial charge in [0.1, 0.15) is 5.65 Å². The predicted octanol–water partition coefficient (Wildman–Crippen LogP) is 4.30. The number of rotatable bonds is 4. The molecule has 2 fully saturated rings. The molecule has 0 radical (unpaired) electrons. The molecule has 164 valence electrons. The average Bonchev–Trinajstić information content (AvgIpc) is 3.24. The zero-order valence-electron chi connectivity index (χ0n) is 19.2. The minimum atomic E-state index is 0.831. The van der Waals surface area contributed by atoms with Gasteiger partial charge in [0.2, 0.25) is 0 Å². The first-order valence-corrected chi connectivity index (χ1v) is 11.8. The van der Waals surface area contributed by atoms with Gasteiger partial charge >= 0.3 is 0 Å². The minimum Gasteiger partial charge on any atom is -0.371 e. The summed E-state index contributed by atoms with van der Waals surface area (Å²) < 4.78 is 2.14. The largest absolute Gasteiger partial charge is 0.371 e. The quantitative estimate of drug-likeness (QED) is 0.633. The second kappa shape index (κ2) is 8.54. The van der Waals surface area contributed by atoms with E-state index in [4.69, 9.17) is 0 Å². The number of piperazine rings is 1. The molecule has 5 nitrogen and oxygen atoms in total. The highest BCUT2D eigenvalue weighted by atomic mass is 15.3. The lowest BCUT2D eigenvalue weighted by atomic mass is 9.94. The van der Waals surface area contributed by atoms with Crippen LogP contribution in [0.15, 0.2) is 42.9 Å². The molecule has 0 saturated carbocycles. The Bertz CT molecular complexity index is 1040. The molecule has 5 heteroatoms. The second-order valence-electron chi connectivity index (χ2n) is 9.47. The van der Waals surface area contributed by atoms with Crippen LogP contribution in [0.5, 0.6) is 0 Å². The lowest BCUT2D eigenvalue weighted by Crippen LogP contribution is -2.49. The summed E-state index contributed by atoms with van der Waals surface area (Å²) in [5, 5.41) is 0. The number of piperidine rings is 1. The van der Waals surface area contributed by atoms with Gasteiger partial charge in [-0.15, -0.1) is 0 Å². The minimum absolute atomic E-state index is 0.831. The van der Waals surface area contributed by atoms with Crippen LogP contribution in [0.1, 0.15) is 29.5 Å². The summed E-state index contributed by atoms with van der Waals surface area (Å²) in [5.74, 6) is 0.831. The van der Waals surface area contributed by atoms with Crippen molar-refractivity contribution in [2.75, 3.05) is 55.6 Å². The average molecular weight is 418 g/mol. The molecule has 1 aromatic carbocycles. The van der Waals surface area contributed by atoms with E-state index in [-0.39, 0.29) is 0 Å². The molecule has 31 heavy (non-hydrogen) atoms. The van der Waals surface area contributed by atoms with E-state index in [0.717, 1.165) is 24.7 Å². The molecule has 0 N–H and O–H groups in total. The maximum atomic E-state index is 4.41. The van der Waals surface area contributed by atoms with Crippen LogP contribution >= 0.6 is 0 Å². The molecule has 0 amide bonds. The smallest absolute Gasteiger partial charge is 0.137 e. The molecular formula is C26H35N5. The fraction of sp³-hybridized carbons (Fsp3) is 0.500. The number of imidazole rings is 1. The highest BCUT2D eigenvalue weighted by Crippen LogP contribution is 2.29. The summed E-state index contributed by atoms with van der Waals surface area (Å²) in [6, 6.07) is 8.92. The number of fused-ring (bicyclic) bond motifs is 1. The van der Waals surface area contributed by atoms with Gasteiger partial charge in [-0.05, 0) is 68.4 Å². The molecule has 2 aliphatic rings. The van der Waals surface area contributed by atoms with E-state index in [0.29, 0.717) is 0 Å². The number of aryl methyl sites for hydroxylation is 2. The molecule has 5 rings (SSSR count). The van der Waals surface area contributed by atoms with E-state index in [1.165, 1.54) is 73.6 Å². The van der Waals surface area contributed by atoms with Crippen molar-refractivity contribution in [3.8, 4) is 0 Å². The van der Waals surface area contributed by atoms with Crippen LogP contribution in [-0.4, -0.2) is 60.1 Å². The van der Waals surface area contributed by atoms with Gasteiger partial charge in [0.25, 0.3) is 0 Å². The van der Waals surface area contributed by atoms with Gasteiger partial charge < -0.3 is 14.2 Å². The first-order chi connectivity index (χ1) is 15.1. The van der Waals surface area contributed by atoms with Crippen LogP contribution in [0.25, 0.3) is 5.65 Å². The fourth-order valence-electron chi connectivity index (χ4n) is 5.35. The van der Waals surface area contributed by atoms with Crippen molar-refractivity contribution in [1.29, 1.82) is 0 Å². The van der Waals surface area contributed by atoms with E-state index in [1.807, 2.05) is 12.4 Å². The molecule has 4 heterocycles. The lowest BCUT2D eigenvalue weighted by molar-refractivity contribution is 0.201. The van der Waals surface area contributed by atoms with Crippen LogP contribution < -0.4 is 9.80 Å². The Labute approximate surface area is 186 Å². The molecule has 3 aromatic rings. The number of hydrogen-bond acceptors (Lipinski definition) is 4. The SMILES string of the molecule is Cc1cc2nccn2cc1N1CCN(CC2CCN(c3cccc(C)c3C)CC2)CC1. The Morgan fingerprint density at radius 1 is 0.871 bits per heavy atom. The van der Waals surface area contributed by atoms with Crippen LogP contribution in [0.4, 0.5) is 11.4 Å². The van der Waals surface area contributed by atoms with Crippen molar-refractivity contribution in [3.63, 3.8) is 0 Å². The van der Waals surface area contributed by atoms with E-state index in [2.05, 4.69) is 75.3 Å². The van der Waals surface area contributed by atoms with Crippen molar-refractivity contribution in [2.45, 2.75) is 33.6 Å². The summed E-state index contributed by atoms with van der Waals surface area (Å²) in [7, 11) is 0. The van der Waals surface area contributed by atoms with Gasteiger partial charge in [0.05, 0.1) is 5.69 Å². The molecule has 2 aliphatic heterocycles. The zero-order chi connectivity index (χ0) is 21.4. The first-order valence-electron chi connectivity index (χ1n) is 11.8. The topological polar surface area (TPSA) is 27.0 Å². The van der Waals surface area contributed by atoms with E-state index in [1.54, 1.807) is 0 Å². The molecular weight excluding hydrogens is 382 g/mol. The Hall–Kier alpha value is -2.53. The lowest BCUT2D eigenvalue weighted by Gasteiger charge is -2.40. The van der Waals surface area contributed by atoms with E-state index in [9.17, 15) is 0 Å². The third-order valence-corrected chi connectivity index (χ3v) is 7.47. The number of hydrogen-bond donors (Lipinski definition) is 0. The van der Waals surface area contributed by atoms with Crippen molar-refractivity contribution in [1.82, 2.24) is 14.3 Å². The standard InChI is InChI=1S/C26H35N5/c1-20-5-4-6-24(22(20)3)29-10-7-23(8-11-29)18-28-13-15-30(16-14-28)25-19-31-12-9-27-26(31)17-21(25)2/h4-6,9,12,17,19,23H,7-8,10-11,13-16,18H2,1-3H3. The van der Waals surface area contributed by atoms with Crippen LogP contribution in [0.2, 0.25) is 0 Å². The van der Waals surface area contributed by atoms with E-state index < -0.39 is 0 Å². The Balaban J connectivity index is 1.14. The van der Waals surface area contributed by atoms with Crippen molar-refractivity contribution in [3.05, 3.63) is 59.5 Å². The molecule has 0 bridgehead atoms. The predicted molar refractivity (Wildman–Crippen MR) is 129 cm³/mol. The number of nitrogens with zero attached hydrogens (tertiary/aromatic N) is 5. The molecule has 0 spiro atoms. The van der Waals surface area contributed by atoms with Gasteiger partial charge in [-0.3, -0.25) is 4.90 Å². The second-order valence-corrected chi connectivity index (χ2v) is 9.47. The first kappa shape index (κ1) is 20.4. The fourth-order valence-corrected chi connectivity index (χ4v) is 5.35. The van der Waals surface area contributed by atoms with Crippen LogP contribution in [0.3, 0.4) is 0 Å². The highest BCUT2D eigenvalue weighted by Gasteiger charge is 2.25. The molecule has 0 aliphatic carbocycles. The summed E-state index contributed by atoms with van der Waals surface area (Å²) >= 11 is 0. The molecule has 2 aromatic heterocycles. The van der Waals surface area contributed by atoms with Crippen LogP contribution in [-0.2, 0) is 0 Å². The summed E-state index contributed by atoms with van der Waals surface area (Å²) in [6.07, 6.45) is 8.78. The van der Waals surface area contributed by atoms with Crippen LogP contribution in [0, 0.1) is 26.7 Å². The number of pyridine rings is 1. The molecule has 0 atom stereocenters. The third kappa shape index (κ3) is 4.16. The number of anilines is 2. The van der Waals surface area contributed by atoms with Gasteiger partial charge in [0, 0.05) is 70.1 Å². The van der Waals surface area contributed by atoms with E-state index >= 15 is 0 Å². The van der Waals surface area contributed by atoms with Gasteiger partial charge in [-0.1, -0.05) is 12.1 Å². The van der Waals surface area contributed by atoms with Gasteiger partial charge in [-0.25, -0.2) is 4.98 Å². The van der Waals surface area contributed by atoms with Gasteiger partial charge in [-0.2, -0.15) is 0 Å². The Morgan fingerprint density at radius 3 is 2.39 bits per heavy atom. The summed E-state index contributed by atoms with van der Waals surface area (Å²) in [4.78, 5) is 12.3. The molecule has 0 unspecified atom stereocenters. The van der Waals surface area contributed by atoms with Crippen molar-refractivity contribution in [2.24, 2.45) is 5.92 Å². The zero-order valence-corrected chi connectivity index (χ0v) is 19.2. The van der Waals surface area contributed by atoms with Gasteiger partial charge in [0.15, 0.2) is 0 Å². The third-order valence-electron chi connectivity index (χ3n) is 7.47. The summed E-state index contributed by atoms with van der Waals surface area (Å²) in [5.41, 5.74) is 8.00.